The van der Waals surface area contributed by atoms with Crippen LogP contribution in [-0.4, -0.2) is 23.3 Å². The highest BCUT2D eigenvalue weighted by atomic mass is 35.5. The lowest BCUT2D eigenvalue weighted by Crippen LogP contribution is -2.48. The van der Waals surface area contributed by atoms with Gasteiger partial charge < -0.3 is 10.1 Å². The molecule has 0 aliphatic carbocycles. The Morgan fingerprint density at radius 1 is 0.960 bits per heavy atom. The van der Waals surface area contributed by atoms with Crippen molar-refractivity contribution in [2.75, 3.05) is 0 Å². The van der Waals surface area contributed by atoms with Crippen molar-refractivity contribution in [1.29, 1.82) is 0 Å². The molecule has 0 aliphatic heterocycles. The fourth-order valence-electron chi connectivity index (χ4n) is 2.22. The number of hydrogen-bond acceptors (Lipinski definition) is 3. The molecule has 5 heteroatoms. The average Bonchev–Trinajstić information content (AvgIpc) is 2.54. The molecule has 0 saturated heterocycles. The molecule has 0 aliphatic rings. The number of benzene rings is 2. The molecule has 132 valence electrons. The van der Waals surface area contributed by atoms with Crippen LogP contribution in [0.3, 0.4) is 0 Å². The van der Waals surface area contributed by atoms with Gasteiger partial charge in [0.15, 0.2) is 11.4 Å². The molecule has 4 nitrogen and oxygen atoms in total. The summed E-state index contributed by atoms with van der Waals surface area (Å²) < 4.78 is 5.78. The first-order chi connectivity index (χ1) is 11.7. The number of amides is 1. The van der Waals surface area contributed by atoms with Crippen LogP contribution in [-0.2, 0) is 4.79 Å². The maximum atomic E-state index is 12.4. The molecule has 1 N–H and O–H groups in total. The summed E-state index contributed by atoms with van der Waals surface area (Å²) in [5, 5.41) is 3.42. The van der Waals surface area contributed by atoms with Crippen molar-refractivity contribution >= 4 is 23.3 Å². The number of ether oxygens (including phenoxy) is 1. The summed E-state index contributed by atoms with van der Waals surface area (Å²) in [6.45, 7) is 7.20. The van der Waals surface area contributed by atoms with Crippen LogP contribution in [0.1, 0.15) is 43.6 Å². The zero-order valence-corrected chi connectivity index (χ0v) is 15.6. The van der Waals surface area contributed by atoms with E-state index in [4.69, 9.17) is 16.3 Å². The molecule has 0 bridgehead atoms. The highest BCUT2D eigenvalue weighted by molar-refractivity contribution is 6.30. The second kappa shape index (κ2) is 7.70. The molecule has 0 unspecified atom stereocenters. The Morgan fingerprint density at radius 3 is 1.92 bits per heavy atom. The van der Waals surface area contributed by atoms with Gasteiger partial charge in [0.1, 0.15) is 5.75 Å². The molecule has 0 aromatic heterocycles. The number of carbonyl (C=O) groups excluding carboxylic acids is 2. The first-order valence-corrected chi connectivity index (χ1v) is 8.47. The van der Waals surface area contributed by atoms with Gasteiger partial charge in [0, 0.05) is 22.2 Å². The van der Waals surface area contributed by atoms with Gasteiger partial charge in [0.05, 0.1) is 0 Å². The Morgan fingerprint density at radius 2 is 1.44 bits per heavy atom. The van der Waals surface area contributed by atoms with Crippen LogP contribution in [0, 0.1) is 0 Å². The van der Waals surface area contributed by atoms with E-state index < -0.39 is 5.60 Å². The summed E-state index contributed by atoms with van der Waals surface area (Å²) in [6, 6.07) is 13.5. The van der Waals surface area contributed by atoms with Crippen LogP contribution in [0.4, 0.5) is 0 Å². The Balaban J connectivity index is 2.10. The predicted octanol–water partition coefficient (Wildman–Crippen LogP) is 4.25. The second-order valence-electron chi connectivity index (χ2n) is 6.60. The van der Waals surface area contributed by atoms with Gasteiger partial charge in [-0.25, -0.2) is 0 Å². The fraction of sp³-hybridized carbons (Fsp3) is 0.300. The summed E-state index contributed by atoms with van der Waals surface area (Å²) in [5.74, 6) is 0.236. The van der Waals surface area contributed by atoms with Crippen LogP contribution in [0.15, 0.2) is 48.5 Å². The van der Waals surface area contributed by atoms with Gasteiger partial charge in [-0.05, 0) is 76.2 Å². The molecular weight excluding hydrogens is 338 g/mol. The Bertz CT molecular complexity index is 750. The van der Waals surface area contributed by atoms with E-state index in [1.165, 1.54) is 0 Å². The maximum Gasteiger partial charge on any atom is 0.263 e. The lowest BCUT2D eigenvalue weighted by atomic mass is 10.0. The third-order valence-electron chi connectivity index (χ3n) is 3.56. The van der Waals surface area contributed by atoms with E-state index >= 15 is 0 Å². The third kappa shape index (κ3) is 5.07. The van der Waals surface area contributed by atoms with Crippen LogP contribution < -0.4 is 10.1 Å². The van der Waals surface area contributed by atoms with Crippen LogP contribution >= 0.6 is 11.6 Å². The van der Waals surface area contributed by atoms with Gasteiger partial charge >= 0.3 is 0 Å². The molecule has 0 radical (unpaired) electrons. The summed E-state index contributed by atoms with van der Waals surface area (Å²) in [4.78, 5) is 24.6. The number of halogens is 1. The predicted molar refractivity (Wildman–Crippen MR) is 99.3 cm³/mol. The quantitative estimate of drug-likeness (QED) is 0.784. The third-order valence-corrected chi connectivity index (χ3v) is 3.81. The standard InChI is InChI=1S/C20H22ClNO3/c1-13(2)22-19(24)20(3,4)25-17-11-7-15(8-12-17)18(23)14-5-9-16(21)10-6-14/h5-13H,1-4H3,(H,22,24). The first kappa shape index (κ1) is 19.0. The lowest BCUT2D eigenvalue weighted by Gasteiger charge is -2.26. The Hall–Kier alpha value is -2.33. The van der Waals surface area contributed by atoms with Crippen molar-refractivity contribution in [2.45, 2.75) is 39.3 Å². The summed E-state index contributed by atoms with van der Waals surface area (Å²) in [6.07, 6.45) is 0. The number of carbonyl (C=O) groups is 2. The van der Waals surface area contributed by atoms with Crippen molar-refractivity contribution in [2.24, 2.45) is 0 Å². The van der Waals surface area contributed by atoms with E-state index in [1.54, 1.807) is 62.4 Å². The van der Waals surface area contributed by atoms with E-state index in [2.05, 4.69) is 5.32 Å². The topological polar surface area (TPSA) is 55.4 Å². The molecule has 25 heavy (non-hydrogen) atoms. The normalized spacial score (nSPS) is 11.3. The van der Waals surface area contributed by atoms with Gasteiger partial charge in [-0.15, -0.1) is 0 Å². The highest BCUT2D eigenvalue weighted by Gasteiger charge is 2.30. The van der Waals surface area contributed by atoms with E-state index in [-0.39, 0.29) is 17.7 Å². The maximum absolute atomic E-state index is 12.4. The van der Waals surface area contributed by atoms with Gasteiger partial charge in [-0.1, -0.05) is 11.6 Å². The lowest BCUT2D eigenvalue weighted by molar-refractivity contribution is -0.134. The number of rotatable bonds is 6. The van der Waals surface area contributed by atoms with Crippen molar-refractivity contribution < 1.29 is 14.3 Å². The fourth-order valence-corrected chi connectivity index (χ4v) is 2.35. The van der Waals surface area contributed by atoms with Crippen molar-refractivity contribution in [1.82, 2.24) is 5.32 Å². The average molecular weight is 360 g/mol. The van der Waals surface area contributed by atoms with Crippen molar-refractivity contribution in [3.8, 4) is 5.75 Å². The van der Waals surface area contributed by atoms with Gasteiger partial charge in [-0.2, -0.15) is 0 Å². The van der Waals surface area contributed by atoms with Gasteiger partial charge in [0.2, 0.25) is 0 Å². The van der Waals surface area contributed by atoms with E-state index in [1.807, 2.05) is 13.8 Å². The zero-order valence-electron chi connectivity index (χ0n) is 14.8. The van der Waals surface area contributed by atoms with Crippen molar-refractivity contribution in [3.63, 3.8) is 0 Å². The highest BCUT2D eigenvalue weighted by Crippen LogP contribution is 2.21. The summed E-state index contributed by atoms with van der Waals surface area (Å²) in [7, 11) is 0. The number of ketones is 1. The smallest absolute Gasteiger partial charge is 0.263 e. The molecule has 0 fully saturated rings. The Labute approximate surface area is 153 Å². The van der Waals surface area contributed by atoms with Gasteiger partial charge in [-0.3, -0.25) is 9.59 Å². The SMILES string of the molecule is CC(C)NC(=O)C(C)(C)Oc1ccc(C(=O)c2ccc(Cl)cc2)cc1. The van der Waals surface area contributed by atoms with E-state index in [9.17, 15) is 9.59 Å². The number of nitrogens with one attached hydrogen (secondary N) is 1. The minimum atomic E-state index is -1.01. The van der Waals surface area contributed by atoms with E-state index in [0.717, 1.165) is 0 Å². The molecule has 0 heterocycles. The van der Waals surface area contributed by atoms with Crippen LogP contribution in [0.25, 0.3) is 0 Å². The Kier molecular flexibility index (Phi) is 5.85. The van der Waals surface area contributed by atoms with Gasteiger partial charge in [0.25, 0.3) is 5.91 Å². The molecule has 2 aromatic rings. The minimum absolute atomic E-state index is 0.0368. The largest absolute Gasteiger partial charge is 0.478 e. The van der Waals surface area contributed by atoms with E-state index in [0.29, 0.717) is 21.9 Å². The minimum Gasteiger partial charge on any atom is -0.478 e. The zero-order chi connectivity index (χ0) is 18.6. The molecular formula is C20H22ClNO3. The number of hydrogen-bond donors (Lipinski definition) is 1. The molecule has 2 aromatic carbocycles. The van der Waals surface area contributed by atoms with Crippen molar-refractivity contribution in [3.05, 3.63) is 64.7 Å². The summed E-state index contributed by atoms with van der Waals surface area (Å²) >= 11 is 5.84. The second-order valence-corrected chi connectivity index (χ2v) is 7.04. The first-order valence-electron chi connectivity index (χ1n) is 8.09. The molecule has 0 spiro atoms. The molecule has 0 atom stereocenters. The van der Waals surface area contributed by atoms with Crippen LogP contribution in [0.5, 0.6) is 5.75 Å². The molecule has 0 saturated carbocycles. The molecule has 2 rings (SSSR count). The molecule has 1 amide bonds. The van der Waals surface area contributed by atoms with Crippen LogP contribution in [0.2, 0.25) is 5.02 Å². The summed E-state index contributed by atoms with van der Waals surface area (Å²) in [5.41, 5.74) is 0.0974. The monoisotopic (exact) mass is 359 g/mol.